The van der Waals surface area contributed by atoms with Crippen LogP contribution in [0, 0.1) is 18.3 Å². The summed E-state index contributed by atoms with van der Waals surface area (Å²) in [5, 5.41) is 14.6. The van der Waals surface area contributed by atoms with Crippen LogP contribution in [0.4, 0.5) is 0 Å². The molecule has 0 aliphatic heterocycles. The number of carbonyl (C=O) groups excluding carboxylic acids is 1. The summed E-state index contributed by atoms with van der Waals surface area (Å²) in [4.78, 5) is 14.8. The lowest BCUT2D eigenvalue weighted by Crippen LogP contribution is -2.36. The first kappa shape index (κ1) is 18.9. The van der Waals surface area contributed by atoms with Crippen molar-refractivity contribution in [3.05, 3.63) is 24.0 Å². The molecular weight excluding hydrogens is 290 g/mol. The first-order chi connectivity index (χ1) is 10.0. The molecular formula is C13H19N5O2S. The molecule has 0 saturated carbocycles. The highest BCUT2D eigenvalue weighted by Gasteiger charge is 2.12. The Kier molecular flexibility index (Phi) is 9.63. The number of nitriles is 1. The summed E-state index contributed by atoms with van der Waals surface area (Å²) in [6.45, 7) is 7.96. The van der Waals surface area contributed by atoms with E-state index in [4.69, 9.17) is 11.0 Å². The lowest BCUT2D eigenvalue weighted by molar-refractivity contribution is -0.120. The molecule has 1 rings (SSSR count). The van der Waals surface area contributed by atoms with E-state index in [1.165, 1.54) is 11.8 Å². The number of hydrogen-bond donors (Lipinski definition) is 2. The van der Waals surface area contributed by atoms with Crippen LogP contribution in [-0.4, -0.2) is 40.6 Å². The Bertz CT molecular complexity index is 539. The zero-order valence-electron chi connectivity index (χ0n) is 12.3. The van der Waals surface area contributed by atoms with Gasteiger partial charge in [0.1, 0.15) is 6.07 Å². The van der Waals surface area contributed by atoms with E-state index < -0.39 is 0 Å². The number of thioether (sulfide) groups is 1. The molecule has 1 atom stereocenters. The average molecular weight is 309 g/mol. The van der Waals surface area contributed by atoms with Crippen LogP contribution in [0.1, 0.15) is 18.6 Å². The van der Waals surface area contributed by atoms with E-state index in [1.807, 2.05) is 19.2 Å². The molecule has 7 nitrogen and oxygen atoms in total. The molecule has 1 heterocycles. The SMILES string of the molecule is C=C=C(C#N)c1nc(C)no1.CCNC(=O)C(CN)SC. The molecule has 114 valence electrons. The van der Waals surface area contributed by atoms with E-state index >= 15 is 0 Å². The molecule has 1 unspecified atom stereocenters. The zero-order chi connectivity index (χ0) is 16.3. The van der Waals surface area contributed by atoms with Crippen LogP contribution in [0.3, 0.4) is 0 Å². The van der Waals surface area contributed by atoms with Crippen molar-refractivity contribution < 1.29 is 9.32 Å². The average Bonchev–Trinajstić information content (AvgIpc) is 2.89. The summed E-state index contributed by atoms with van der Waals surface area (Å²) in [5.74, 6) is 0.695. The van der Waals surface area contributed by atoms with E-state index in [9.17, 15) is 4.79 Å². The number of amides is 1. The van der Waals surface area contributed by atoms with Gasteiger partial charge in [-0.3, -0.25) is 4.79 Å². The third-order valence-electron chi connectivity index (χ3n) is 2.17. The maximum atomic E-state index is 11.0. The zero-order valence-corrected chi connectivity index (χ0v) is 13.2. The Morgan fingerprint density at radius 1 is 1.67 bits per heavy atom. The second-order valence-corrected chi connectivity index (χ2v) is 4.71. The van der Waals surface area contributed by atoms with Gasteiger partial charge in [0.05, 0.1) is 5.25 Å². The number of hydrogen-bond acceptors (Lipinski definition) is 7. The van der Waals surface area contributed by atoms with Gasteiger partial charge in [-0.2, -0.15) is 22.0 Å². The van der Waals surface area contributed by atoms with Crippen molar-refractivity contribution in [2.45, 2.75) is 19.1 Å². The van der Waals surface area contributed by atoms with Gasteiger partial charge in [-0.25, -0.2) is 0 Å². The molecule has 3 N–H and O–H groups in total. The fourth-order valence-electron chi connectivity index (χ4n) is 1.16. The molecule has 8 heteroatoms. The van der Waals surface area contributed by atoms with Crippen LogP contribution < -0.4 is 11.1 Å². The van der Waals surface area contributed by atoms with Crippen LogP contribution in [0.2, 0.25) is 0 Å². The Labute approximate surface area is 128 Å². The van der Waals surface area contributed by atoms with Gasteiger partial charge in [0, 0.05) is 13.1 Å². The van der Waals surface area contributed by atoms with Gasteiger partial charge in [0.2, 0.25) is 5.91 Å². The van der Waals surface area contributed by atoms with Crippen LogP contribution in [0.15, 0.2) is 16.8 Å². The molecule has 0 fully saturated rings. The predicted molar refractivity (Wildman–Crippen MR) is 82.2 cm³/mol. The summed E-state index contributed by atoms with van der Waals surface area (Å²) in [6, 6.07) is 1.83. The summed E-state index contributed by atoms with van der Waals surface area (Å²) in [7, 11) is 0. The Balaban J connectivity index is 0.000000384. The summed E-state index contributed by atoms with van der Waals surface area (Å²) < 4.78 is 4.69. The van der Waals surface area contributed by atoms with E-state index in [0.29, 0.717) is 18.9 Å². The van der Waals surface area contributed by atoms with Crippen molar-refractivity contribution in [1.29, 1.82) is 5.26 Å². The Morgan fingerprint density at radius 3 is 2.67 bits per heavy atom. The predicted octanol–water partition coefficient (Wildman–Crippen LogP) is 0.883. The van der Waals surface area contributed by atoms with E-state index in [-0.39, 0.29) is 22.6 Å². The second-order valence-electron chi connectivity index (χ2n) is 3.66. The van der Waals surface area contributed by atoms with Gasteiger partial charge in [0.15, 0.2) is 11.4 Å². The molecule has 0 radical (unpaired) electrons. The third-order valence-corrected chi connectivity index (χ3v) is 3.15. The van der Waals surface area contributed by atoms with E-state index in [1.54, 1.807) is 6.92 Å². The van der Waals surface area contributed by atoms with Crippen molar-refractivity contribution >= 4 is 23.2 Å². The lowest BCUT2D eigenvalue weighted by Gasteiger charge is -2.09. The second kappa shape index (κ2) is 10.7. The van der Waals surface area contributed by atoms with Gasteiger partial charge in [-0.1, -0.05) is 11.7 Å². The Hall–Kier alpha value is -2.07. The molecule has 0 spiro atoms. The number of aryl methyl sites for hydroxylation is 1. The molecule has 0 bridgehead atoms. The number of nitrogens with zero attached hydrogens (tertiary/aromatic N) is 3. The smallest absolute Gasteiger partial charge is 0.276 e. The van der Waals surface area contributed by atoms with Gasteiger partial charge in [-0.05, 0) is 20.1 Å². The number of carbonyl (C=O) groups is 1. The van der Waals surface area contributed by atoms with Gasteiger partial charge >= 0.3 is 0 Å². The molecule has 0 saturated heterocycles. The lowest BCUT2D eigenvalue weighted by atomic mass is 10.3. The minimum Gasteiger partial charge on any atom is -0.355 e. The fraction of sp³-hybridized carbons (Fsp3) is 0.462. The first-order valence-electron chi connectivity index (χ1n) is 6.15. The first-order valence-corrected chi connectivity index (χ1v) is 7.44. The molecule has 0 aliphatic rings. The van der Waals surface area contributed by atoms with Crippen molar-refractivity contribution in [2.75, 3.05) is 19.3 Å². The highest BCUT2D eigenvalue weighted by Crippen LogP contribution is 2.07. The third kappa shape index (κ3) is 6.77. The van der Waals surface area contributed by atoms with Crippen LogP contribution in [-0.2, 0) is 4.79 Å². The number of rotatable bonds is 5. The molecule has 21 heavy (non-hydrogen) atoms. The maximum Gasteiger partial charge on any atom is 0.276 e. The minimum absolute atomic E-state index is 0.0394. The number of aromatic nitrogens is 2. The van der Waals surface area contributed by atoms with Crippen molar-refractivity contribution in [3.63, 3.8) is 0 Å². The van der Waals surface area contributed by atoms with Crippen LogP contribution in [0.25, 0.3) is 5.57 Å². The fourth-order valence-corrected chi connectivity index (χ4v) is 1.65. The van der Waals surface area contributed by atoms with Gasteiger partial charge in [0.25, 0.3) is 5.89 Å². The van der Waals surface area contributed by atoms with Crippen molar-refractivity contribution in [3.8, 4) is 6.07 Å². The van der Waals surface area contributed by atoms with E-state index in [2.05, 4.69) is 32.3 Å². The monoisotopic (exact) mass is 309 g/mol. The van der Waals surface area contributed by atoms with Crippen molar-refractivity contribution in [2.24, 2.45) is 5.73 Å². The van der Waals surface area contributed by atoms with Gasteiger partial charge in [-0.15, -0.1) is 5.73 Å². The van der Waals surface area contributed by atoms with Crippen molar-refractivity contribution in [1.82, 2.24) is 15.5 Å². The molecule has 0 aromatic carbocycles. The molecule has 1 amide bonds. The number of nitrogens with two attached hydrogens (primary N) is 1. The maximum absolute atomic E-state index is 11.0. The molecule has 0 aliphatic carbocycles. The number of allylic oxidation sites excluding steroid dienone is 1. The molecule has 1 aromatic rings. The normalized spacial score (nSPS) is 10.4. The van der Waals surface area contributed by atoms with E-state index in [0.717, 1.165) is 0 Å². The summed E-state index contributed by atoms with van der Waals surface area (Å²) in [6.07, 6.45) is 1.88. The quantitative estimate of drug-likeness (QED) is 0.612. The summed E-state index contributed by atoms with van der Waals surface area (Å²) >= 11 is 1.48. The molecule has 1 aromatic heterocycles. The topological polar surface area (TPSA) is 118 Å². The largest absolute Gasteiger partial charge is 0.355 e. The van der Waals surface area contributed by atoms with Crippen LogP contribution in [0.5, 0.6) is 0 Å². The van der Waals surface area contributed by atoms with Crippen LogP contribution >= 0.6 is 11.8 Å². The number of nitrogens with one attached hydrogen (secondary N) is 1. The highest BCUT2D eigenvalue weighted by atomic mass is 32.2. The standard InChI is InChI=1S/C7H5N3O.C6H14N2OS/c1-3-6(4-8)7-9-5(2)10-11-7;1-3-8-6(9)5(4-7)10-2/h1H2,2H3;5H,3-4,7H2,1-2H3,(H,8,9). The van der Waals surface area contributed by atoms with Gasteiger partial charge < -0.3 is 15.6 Å². The Morgan fingerprint density at radius 2 is 2.33 bits per heavy atom. The summed E-state index contributed by atoms with van der Waals surface area (Å²) in [5.41, 5.74) is 7.90. The highest BCUT2D eigenvalue weighted by molar-refractivity contribution is 7.99. The minimum atomic E-state index is -0.0834.